The second-order valence-corrected chi connectivity index (χ2v) is 7.71. The average Bonchev–Trinajstić information content (AvgIpc) is 3.23. The Labute approximate surface area is 162 Å². The van der Waals surface area contributed by atoms with E-state index in [9.17, 15) is 0 Å². The summed E-state index contributed by atoms with van der Waals surface area (Å²) in [6.07, 6.45) is 1.68. The first-order valence-electron chi connectivity index (χ1n) is 7.90. The molecule has 3 rings (SSSR count). The molecule has 0 fully saturated rings. The summed E-state index contributed by atoms with van der Waals surface area (Å²) in [5.41, 5.74) is 3.05. The largest absolute Gasteiger partial charge is 0.467 e. The van der Waals surface area contributed by atoms with Gasteiger partial charge in [-0.1, -0.05) is 23.7 Å². The number of thiocarbonyl (C=S) groups is 1. The average molecular weight is 391 g/mol. The number of rotatable bonds is 5. The Morgan fingerprint density at radius 3 is 2.72 bits per heavy atom. The highest BCUT2D eigenvalue weighted by Crippen LogP contribution is 2.28. The Morgan fingerprint density at radius 2 is 2.08 bits per heavy atom. The van der Waals surface area contributed by atoms with E-state index in [2.05, 4.69) is 27.7 Å². The first-order chi connectivity index (χ1) is 12.0. The molecule has 0 aliphatic carbocycles. The number of anilines is 1. The van der Waals surface area contributed by atoms with E-state index in [-0.39, 0.29) is 0 Å². The van der Waals surface area contributed by atoms with Crippen molar-refractivity contribution in [3.63, 3.8) is 0 Å². The van der Waals surface area contributed by atoms with Crippen molar-refractivity contribution in [2.75, 3.05) is 5.32 Å². The molecule has 0 atom stereocenters. The second-order valence-electron chi connectivity index (χ2n) is 5.88. The zero-order valence-corrected chi connectivity index (χ0v) is 16.5. The van der Waals surface area contributed by atoms with Gasteiger partial charge in [0.15, 0.2) is 5.11 Å². The van der Waals surface area contributed by atoms with Crippen molar-refractivity contribution in [2.45, 2.75) is 26.9 Å². The van der Waals surface area contributed by atoms with E-state index >= 15 is 0 Å². The molecule has 0 saturated heterocycles. The van der Waals surface area contributed by atoms with Crippen molar-refractivity contribution < 1.29 is 4.42 Å². The molecule has 0 bridgehead atoms. The number of nitrogens with one attached hydrogen (secondary N) is 1. The summed E-state index contributed by atoms with van der Waals surface area (Å²) < 4.78 is 5.49. The highest BCUT2D eigenvalue weighted by Gasteiger charge is 2.16. The molecule has 130 valence electrons. The van der Waals surface area contributed by atoms with E-state index < -0.39 is 0 Å². The summed E-state index contributed by atoms with van der Waals surface area (Å²) in [7, 11) is 0. The molecule has 2 aromatic heterocycles. The topological polar surface area (TPSA) is 28.4 Å². The van der Waals surface area contributed by atoms with Crippen molar-refractivity contribution >= 4 is 46.0 Å². The van der Waals surface area contributed by atoms with Gasteiger partial charge in [0.1, 0.15) is 5.76 Å². The van der Waals surface area contributed by atoms with Gasteiger partial charge in [-0.3, -0.25) is 0 Å². The van der Waals surface area contributed by atoms with Crippen LogP contribution in [0.25, 0.3) is 0 Å². The lowest BCUT2D eigenvalue weighted by Crippen LogP contribution is -2.33. The van der Waals surface area contributed by atoms with E-state index in [0.29, 0.717) is 23.2 Å². The third-order valence-corrected chi connectivity index (χ3v) is 5.32. The van der Waals surface area contributed by atoms with Gasteiger partial charge in [-0.05, 0) is 66.8 Å². The summed E-state index contributed by atoms with van der Waals surface area (Å²) >= 11 is 13.8. The Bertz CT molecular complexity index is 785. The lowest BCUT2D eigenvalue weighted by Gasteiger charge is -2.25. The summed E-state index contributed by atoms with van der Waals surface area (Å²) in [6.45, 7) is 5.37. The fourth-order valence-electron chi connectivity index (χ4n) is 2.64. The number of benzene rings is 1. The molecule has 0 unspecified atom stereocenters. The smallest absolute Gasteiger partial charge is 0.174 e. The minimum Gasteiger partial charge on any atom is -0.467 e. The van der Waals surface area contributed by atoms with Gasteiger partial charge in [0, 0.05) is 4.88 Å². The summed E-state index contributed by atoms with van der Waals surface area (Å²) in [5, 5.41) is 6.69. The molecule has 1 aromatic carbocycles. The van der Waals surface area contributed by atoms with E-state index in [0.717, 1.165) is 22.6 Å². The van der Waals surface area contributed by atoms with Gasteiger partial charge in [-0.15, -0.1) is 11.3 Å². The number of furan rings is 1. The molecule has 2 heterocycles. The van der Waals surface area contributed by atoms with Gasteiger partial charge in [-0.2, -0.15) is 0 Å². The van der Waals surface area contributed by atoms with Gasteiger partial charge in [0.25, 0.3) is 0 Å². The summed E-state index contributed by atoms with van der Waals surface area (Å²) in [5.74, 6) is 0.868. The van der Waals surface area contributed by atoms with Gasteiger partial charge in [-0.25, -0.2) is 0 Å². The highest BCUT2D eigenvalue weighted by molar-refractivity contribution is 7.80. The molecular formula is C19H19ClN2OS2. The Balaban J connectivity index is 1.81. The molecule has 6 heteroatoms. The van der Waals surface area contributed by atoms with Crippen LogP contribution in [0.15, 0.2) is 52.5 Å². The van der Waals surface area contributed by atoms with E-state index in [1.54, 1.807) is 17.6 Å². The number of hydrogen-bond acceptors (Lipinski definition) is 3. The second kappa shape index (κ2) is 8.04. The Morgan fingerprint density at radius 1 is 1.24 bits per heavy atom. The Kier molecular flexibility index (Phi) is 5.78. The molecule has 1 N–H and O–H groups in total. The van der Waals surface area contributed by atoms with Gasteiger partial charge < -0.3 is 14.6 Å². The summed E-state index contributed by atoms with van der Waals surface area (Å²) in [6, 6.07) is 12.0. The van der Waals surface area contributed by atoms with Crippen molar-refractivity contribution in [1.82, 2.24) is 4.90 Å². The fraction of sp³-hybridized carbons (Fsp3) is 0.211. The van der Waals surface area contributed by atoms with Gasteiger partial charge >= 0.3 is 0 Å². The lowest BCUT2D eigenvalue weighted by atomic mass is 10.1. The van der Waals surface area contributed by atoms with E-state index in [1.165, 1.54) is 4.88 Å². The van der Waals surface area contributed by atoms with Crippen molar-refractivity contribution in [3.8, 4) is 0 Å². The molecule has 3 aromatic rings. The molecule has 0 spiro atoms. The quantitative estimate of drug-likeness (QED) is 0.540. The van der Waals surface area contributed by atoms with Crippen LogP contribution in [-0.4, -0.2) is 10.0 Å². The SMILES string of the molecule is Cc1cc(C)c(NC(=S)N(Cc2ccco2)Cc2cccs2)c(Cl)c1. The molecule has 0 radical (unpaired) electrons. The van der Waals surface area contributed by atoms with Crippen LogP contribution >= 0.6 is 35.2 Å². The van der Waals surface area contributed by atoms with Crippen LogP contribution in [0.2, 0.25) is 5.02 Å². The summed E-state index contributed by atoms with van der Waals surface area (Å²) in [4.78, 5) is 3.32. The maximum Gasteiger partial charge on any atom is 0.174 e. The monoisotopic (exact) mass is 390 g/mol. The number of thiophene rings is 1. The van der Waals surface area contributed by atoms with Gasteiger partial charge in [0.05, 0.1) is 30.1 Å². The fourth-order valence-corrected chi connectivity index (χ4v) is 3.96. The number of halogens is 1. The van der Waals surface area contributed by atoms with Crippen molar-refractivity contribution in [3.05, 3.63) is 74.8 Å². The standard InChI is InChI=1S/C19H19ClN2OS2/c1-13-9-14(2)18(17(20)10-13)21-19(24)22(11-15-5-3-7-23-15)12-16-6-4-8-25-16/h3-10H,11-12H2,1-2H3,(H,21,24). The predicted octanol–water partition coefficient (Wildman–Crippen LogP) is 6.01. The van der Waals surface area contributed by atoms with Crippen LogP contribution in [0.3, 0.4) is 0 Å². The lowest BCUT2D eigenvalue weighted by molar-refractivity contribution is 0.362. The third kappa shape index (κ3) is 4.63. The zero-order chi connectivity index (χ0) is 17.8. The molecule has 0 amide bonds. The van der Waals surface area contributed by atoms with Crippen LogP contribution in [0, 0.1) is 13.8 Å². The maximum atomic E-state index is 6.41. The Hall–Kier alpha value is -1.82. The molecule has 0 aliphatic rings. The zero-order valence-electron chi connectivity index (χ0n) is 14.1. The van der Waals surface area contributed by atoms with E-state index in [4.69, 9.17) is 28.2 Å². The maximum absolute atomic E-state index is 6.41. The number of nitrogens with zero attached hydrogens (tertiary/aromatic N) is 1. The van der Waals surface area contributed by atoms with Crippen LogP contribution in [0.4, 0.5) is 5.69 Å². The van der Waals surface area contributed by atoms with Crippen LogP contribution < -0.4 is 5.32 Å². The van der Waals surface area contributed by atoms with Gasteiger partial charge in [0.2, 0.25) is 0 Å². The van der Waals surface area contributed by atoms with Crippen LogP contribution in [0.1, 0.15) is 21.8 Å². The van der Waals surface area contributed by atoms with Crippen molar-refractivity contribution in [2.24, 2.45) is 0 Å². The van der Waals surface area contributed by atoms with E-state index in [1.807, 2.05) is 38.1 Å². The molecule has 0 saturated carbocycles. The molecule has 3 nitrogen and oxygen atoms in total. The van der Waals surface area contributed by atoms with Crippen molar-refractivity contribution in [1.29, 1.82) is 0 Å². The van der Waals surface area contributed by atoms with Crippen LogP contribution in [-0.2, 0) is 13.1 Å². The minimum atomic E-state index is 0.596. The minimum absolute atomic E-state index is 0.596. The molecule has 25 heavy (non-hydrogen) atoms. The highest BCUT2D eigenvalue weighted by atomic mass is 35.5. The third-order valence-electron chi connectivity index (χ3n) is 3.80. The predicted molar refractivity (Wildman–Crippen MR) is 109 cm³/mol. The number of hydrogen-bond donors (Lipinski definition) is 1. The normalized spacial score (nSPS) is 10.7. The molecule has 0 aliphatic heterocycles. The van der Waals surface area contributed by atoms with Crippen LogP contribution in [0.5, 0.6) is 0 Å². The first-order valence-corrected chi connectivity index (χ1v) is 9.57. The molecular weight excluding hydrogens is 372 g/mol. The first kappa shape index (κ1) is 18.0. The number of aryl methyl sites for hydroxylation is 2.